The summed E-state index contributed by atoms with van der Waals surface area (Å²) in [5.41, 5.74) is 1.28. The van der Waals surface area contributed by atoms with Gasteiger partial charge in [0.05, 0.1) is 25.1 Å². The summed E-state index contributed by atoms with van der Waals surface area (Å²) in [5.74, 6) is 1.14. The van der Waals surface area contributed by atoms with E-state index in [4.69, 9.17) is 4.84 Å². The van der Waals surface area contributed by atoms with Gasteiger partial charge in [-0.2, -0.15) is 10.3 Å². The predicted octanol–water partition coefficient (Wildman–Crippen LogP) is 5.16. The fourth-order valence-electron chi connectivity index (χ4n) is 3.88. The summed E-state index contributed by atoms with van der Waals surface area (Å²) in [5, 5.41) is 10.6. The summed E-state index contributed by atoms with van der Waals surface area (Å²) in [6.45, 7) is 20.2. The van der Waals surface area contributed by atoms with Crippen molar-refractivity contribution in [1.29, 1.82) is 0 Å². The van der Waals surface area contributed by atoms with E-state index in [0.717, 1.165) is 35.5 Å². The minimum Gasteiger partial charge on any atom is -0.352 e. The highest BCUT2D eigenvalue weighted by atomic mass is 32.1. The van der Waals surface area contributed by atoms with Crippen LogP contribution in [0.15, 0.2) is 54.6 Å². The second kappa shape index (κ2) is 15.8. The number of rotatable bonds is 12. The number of hydrogen-bond donors (Lipinski definition) is 0. The molecule has 196 valence electrons. The molecule has 0 radical (unpaired) electrons. The van der Waals surface area contributed by atoms with Gasteiger partial charge in [0.25, 0.3) is 0 Å². The average molecular weight is 514 g/mol. The zero-order valence-corrected chi connectivity index (χ0v) is 22.7. The van der Waals surface area contributed by atoms with Crippen molar-refractivity contribution in [3.63, 3.8) is 0 Å². The Morgan fingerprint density at radius 2 is 2.03 bits per heavy atom. The van der Waals surface area contributed by atoms with Crippen molar-refractivity contribution in [2.75, 3.05) is 50.8 Å². The summed E-state index contributed by atoms with van der Waals surface area (Å²) in [6.07, 6.45) is 9.25. The molecule has 1 saturated heterocycles. The van der Waals surface area contributed by atoms with Crippen LogP contribution < -0.4 is 4.90 Å². The lowest BCUT2D eigenvalue weighted by Gasteiger charge is -2.35. The van der Waals surface area contributed by atoms with Crippen LogP contribution in [0.3, 0.4) is 0 Å². The van der Waals surface area contributed by atoms with Crippen LogP contribution in [0.2, 0.25) is 0 Å². The van der Waals surface area contributed by atoms with E-state index in [1.54, 1.807) is 23.7 Å². The maximum absolute atomic E-state index is 12.7. The molecule has 0 unspecified atom stereocenters. The van der Waals surface area contributed by atoms with E-state index in [0.29, 0.717) is 45.6 Å². The SMILES string of the molecule is C=C.C=CCN(N=NC/C=C\C)OCCCC(=O)N1CCN(c2ncnc3sc(CC)c(C)c23)CC1. The third-order valence-electron chi connectivity index (χ3n) is 5.70. The normalized spacial score (nSPS) is 13.9. The minimum atomic E-state index is 0.154. The van der Waals surface area contributed by atoms with Crippen molar-refractivity contribution in [3.05, 3.63) is 54.7 Å². The highest BCUT2D eigenvalue weighted by Gasteiger charge is 2.24. The van der Waals surface area contributed by atoms with Gasteiger partial charge in [-0.05, 0) is 37.5 Å². The van der Waals surface area contributed by atoms with Crippen LogP contribution in [0.25, 0.3) is 10.2 Å². The zero-order valence-electron chi connectivity index (χ0n) is 21.9. The first-order valence-electron chi connectivity index (χ1n) is 12.3. The molecule has 1 aliphatic heterocycles. The number of amides is 1. The van der Waals surface area contributed by atoms with Gasteiger partial charge in [-0.15, -0.1) is 31.1 Å². The van der Waals surface area contributed by atoms with Gasteiger partial charge in [-0.1, -0.05) is 25.2 Å². The summed E-state index contributed by atoms with van der Waals surface area (Å²) in [7, 11) is 0. The Morgan fingerprint density at radius 1 is 1.28 bits per heavy atom. The van der Waals surface area contributed by atoms with Crippen LogP contribution in [0.5, 0.6) is 0 Å². The number of nitrogens with zero attached hydrogens (tertiary/aromatic N) is 7. The van der Waals surface area contributed by atoms with Crippen molar-refractivity contribution in [2.24, 2.45) is 10.3 Å². The Balaban J connectivity index is 0.00000222. The van der Waals surface area contributed by atoms with Crippen molar-refractivity contribution < 1.29 is 9.63 Å². The third kappa shape index (κ3) is 7.96. The number of anilines is 1. The Kier molecular flexibility index (Phi) is 12.8. The first-order valence-corrected chi connectivity index (χ1v) is 13.2. The smallest absolute Gasteiger partial charge is 0.222 e. The van der Waals surface area contributed by atoms with E-state index in [1.807, 2.05) is 24.0 Å². The molecule has 3 rings (SSSR count). The Morgan fingerprint density at radius 3 is 2.69 bits per heavy atom. The van der Waals surface area contributed by atoms with Gasteiger partial charge < -0.3 is 9.80 Å². The quantitative estimate of drug-likeness (QED) is 0.169. The summed E-state index contributed by atoms with van der Waals surface area (Å²) >= 11 is 1.75. The number of aryl methyl sites for hydroxylation is 2. The van der Waals surface area contributed by atoms with Crippen LogP contribution >= 0.6 is 11.3 Å². The van der Waals surface area contributed by atoms with Gasteiger partial charge in [-0.25, -0.2) is 9.97 Å². The Hall–Kier alpha value is -3.11. The molecule has 0 spiro atoms. The molecule has 0 saturated carbocycles. The molecule has 2 aromatic heterocycles. The summed E-state index contributed by atoms with van der Waals surface area (Å²) < 4.78 is 0. The molecule has 10 heteroatoms. The maximum atomic E-state index is 12.7. The van der Waals surface area contributed by atoms with Crippen molar-refractivity contribution in [1.82, 2.24) is 20.0 Å². The van der Waals surface area contributed by atoms with Gasteiger partial charge >= 0.3 is 0 Å². The number of hydrogen-bond acceptors (Lipinski definition) is 8. The fraction of sp³-hybridized carbons (Fsp3) is 0.500. The lowest BCUT2D eigenvalue weighted by molar-refractivity contribution is -0.160. The van der Waals surface area contributed by atoms with E-state index in [1.165, 1.54) is 15.6 Å². The summed E-state index contributed by atoms with van der Waals surface area (Å²) in [6, 6.07) is 0. The number of fused-ring (bicyclic) bond motifs is 1. The van der Waals surface area contributed by atoms with Gasteiger partial charge in [-0.3, -0.25) is 9.63 Å². The molecule has 0 aromatic carbocycles. The van der Waals surface area contributed by atoms with Crippen molar-refractivity contribution in [2.45, 2.75) is 40.0 Å². The molecule has 1 fully saturated rings. The number of thiophene rings is 1. The van der Waals surface area contributed by atoms with Crippen LogP contribution in [0.1, 0.15) is 37.1 Å². The van der Waals surface area contributed by atoms with Crippen molar-refractivity contribution >= 4 is 33.3 Å². The highest BCUT2D eigenvalue weighted by Crippen LogP contribution is 2.35. The molecule has 9 nitrogen and oxygen atoms in total. The number of allylic oxidation sites excluding steroid dienone is 1. The molecular formula is C26H39N7O2S. The molecule has 0 N–H and O–H groups in total. The monoisotopic (exact) mass is 513 g/mol. The molecule has 0 aliphatic carbocycles. The first kappa shape index (κ1) is 29.1. The van der Waals surface area contributed by atoms with Gasteiger partial charge in [0.15, 0.2) is 0 Å². The van der Waals surface area contributed by atoms with E-state index in [9.17, 15) is 4.79 Å². The van der Waals surface area contributed by atoms with Crippen molar-refractivity contribution in [3.8, 4) is 0 Å². The zero-order chi connectivity index (χ0) is 26.3. The number of aromatic nitrogens is 2. The Labute approximate surface area is 218 Å². The first-order chi connectivity index (χ1) is 17.6. The lowest BCUT2D eigenvalue weighted by atomic mass is 10.1. The molecule has 1 aliphatic rings. The second-order valence-electron chi connectivity index (χ2n) is 7.99. The second-order valence-corrected chi connectivity index (χ2v) is 9.08. The number of piperazine rings is 1. The highest BCUT2D eigenvalue weighted by molar-refractivity contribution is 7.18. The maximum Gasteiger partial charge on any atom is 0.222 e. The van der Waals surface area contributed by atoms with E-state index < -0.39 is 0 Å². The average Bonchev–Trinajstić information content (AvgIpc) is 3.25. The van der Waals surface area contributed by atoms with Crippen LogP contribution in [0, 0.1) is 6.92 Å². The van der Waals surface area contributed by atoms with Crippen LogP contribution in [-0.2, 0) is 16.1 Å². The topological polar surface area (TPSA) is 86.5 Å². The van der Waals surface area contributed by atoms with Crippen LogP contribution in [-0.4, -0.2) is 71.8 Å². The molecular weight excluding hydrogens is 474 g/mol. The molecule has 36 heavy (non-hydrogen) atoms. The third-order valence-corrected chi connectivity index (χ3v) is 7.05. The van der Waals surface area contributed by atoms with Crippen LogP contribution in [0.4, 0.5) is 5.82 Å². The van der Waals surface area contributed by atoms with Gasteiger partial charge in [0.2, 0.25) is 5.91 Å². The van der Waals surface area contributed by atoms with E-state index in [-0.39, 0.29) is 5.91 Å². The van der Waals surface area contributed by atoms with Gasteiger partial charge in [0.1, 0.15) is 17.0 Å². The fourth-order valence-corrected chi connectivity index (χ4v) is 4.96. The minimum absolute atomic E-state index is 0.154. The molecule has 3 heterocycles. The van der Waals surface area contributed by atoms with E-state index in [2.05, 4.69) is 58.8 Å². The number of carbonyl (C=O) groups excluding carboxylic acids is 1. The summed E-state index contributed by atoms with van der Waals surface area (Å²) in [4.78, 5) is 34.0. The Bertz CT molecular complexity index is 1030. The lowest BCUT2D eigenvalue weighted by Crippen LogP contribution is -2.49. The number of carbonyl (C=O) groups is 1. The van der Waals surface area contributed by atoms with E-state index >= 15 is 0 Å². The molecule has 2 aromatic rings. The molecule has 0 atom stereocenters. The molecule has 1 amide bonds. The number of hydroxylamine groups is 1. The standard InChI is InChI=1S/C24H35N7O2S.C2H4/c1-5-8-11-27-28-31(12-6-2)33-17-9-10-21(32)29-13-15-30(16-14-29)23-22-19(4)20(7-3)34-24(22)26-18-25-23;1-2/h5-6,8,18H,2,7,9-17H2,1,3-4H3;1-2H2/b8-5-,28-27?;. The molecule has 0 bridgehead atoms. The van der Waals surface area contributed by atoms with Gasteiger partial charge in [0, 0.05) is 37.5 Å². The predicted molar refractivity (Wildman–Crippen MR) is 148 cm³/mol. The largest absolute Gasteiger partial charge is 0.352 e.